The zero-order chi connectivity index (χ0) is 18.2. The minimum absolute atomic E-state index is 0.0104. The second-order valence-electron chi connectivity index (χ2n) is 5.12. The maximum atomic E-state index is 12.1. The molecule has 2 rings (SSSR count). The summed E-state index contributed by atoms with van der Waals surface area (Å²) in [6.07, 6.45) is 2.27. The van der Waals surface area contributed by atoms with Crippen LogP contribution in [0.5, 0.6) is 17.2 Å². The minimum atomic E-state index is -0.361. The minimum Gasteiger partial charge on any atom is -0.506 e. The van der Waals surface area contributed by atoms with Crippen LogP contribution in [0.3, 0.4) is 0 Å². The van der Waals surface area contributed by atoms with Crippen molar-refractivity contribution in [1.29, 1.82) is 0 Å². The first kappa shape index (κ1) is 18.8. The molecule has 2 aromatic carbocycles. The average Bonchev–Trinajstić information content (AvgIpc) is 2.63. The van der Waals surface area contributed by atoms with Crippen LogP contribution in [0.4, 0.5) is 0 Å². The van der Waals surface area contributed by atoms with Gasteiger partial charge in [-0.05, 0) is 58.7 Å². The van der Waals surface area contributed by atoms with Crippen LogP contribution in [-0.4, -0.2) is 30.9 Å². The van der Waals surface area contributed by atoms with Crippen molar-refractivity contribution in [2.45, 2.75) is 13.3 Å². The Kier molecular flexibility index (Phi) is 6.82. The number of nitrogens with one attached hydrogen (secondary N) is 1. The maximum Gasteiger partial charge on any atom is 0.271 e. The van der Waals surface area contributed by atoms with Gasteiger partial charge in [-0.25, -0.2) is 5.43 Å². The zero-order valence-corrected chi connectivity index (χ0v) is 15.5. The molecule has 0 aliphatic carbocycles. The van der Waals surface area contributed by atoms with Gasteiger partial charge in [-0.1, -0.05) is 6.92 Å². The Hall–Kier alpha value is -2.54. The summed E-state index contributed by atoms with van der Waals surface area (Å²) in [6.45, 7) is 2.66. The molecule has 0 aliphatic heterocycles. The number of hydrogen-bond donors (Lipinski definition) is 2. The number of rotatable bonds is 7. The predicted molar refractivity (Wildman–Crippen MR) is 99.6 cm³/mol. The summed E-state index contributed by atoms with van der Waals surface area (Å²) in [5, 5.41) is 13.9. The van der Waals surface area contributed by atoms with Crippen molar-refractivity contribution in [2.75, 3.05) is 13.7 Å². The normalized spacial score (nSPS) is 10.7. The fourth-order valence-corrected chi connectivity index (χ4v) is 2.41. The lowest BCUT2D eigenvalue weighted by molar-refractivity contribution is 0.0955. The second kappa shape index (κ2) is 9.08. The van der Waals surface area contributed by atoms with Gasteiger partial charge in [0, 0.05) is 11.1 Å². The number of phenolic OH excluding ortho intramolecular Hbond substituents is 1. The molecule has 0 heterocycles. The van der Waals surface area contributed by atoms with Crippen molar-refractivity contribution in [3.8, 4) is 17.2 Å². The average molecular weight is 407 g/mol. The van der Waals surface area contributed by atoms with Gasteiger partial charge in [-0.15, -0.1) is 0 Å². The number of hydrogen-bond acceptors (Lipinski definition) is 5. The Morgan fingerprint density at radius 2 is 2.00 bits per heavy atom. The third-order valence-corrected chi connectivity index (χ3v) is 3.87. The highest BCUT2D eigenvalue weighted by molar-refractivity contribution is 9.10. The van der Waals surface area contributed by atoms with Crippen LogP contribution in [-0.2, 0) is 0 Å². The van der Waals surface area contributed by atoms with Crippen molar-refractivity contribution < 1.29 is 19.4 Å². The van der Waals surface area contributed by atoms with Crippen LogP contribution in [0.1, 0.15) is 29.3 Å². The molecule has 132 valence electrons. The van der Waals surface area contributed by atoms with E-state index in [2.05, 4.69) is 26.5 Å². The smallest absolute Gasteiger partial charge is 0.271 e. The number of halogens is 1. The van der Waals surface area contributed by atoms with Gasteiger partial charge in [-0.2, -0.15) is 5.10 Å². The standard InChI is InChI=1S/C18H19BrN2O4/c1-3-8-25-14-6-4-12(5-7-14)18(23)21-20-11-13-9-15(24-2)10-16(19)17(13)22/h4-7,9-11,22H,3,8H2,1-2H3,(H,21,23)/b20-11-. The number of ether oxygens (including phenoxy) is 2. The summed E-state index contributed by atoms with van der Waals surface area (Å²) < 4.78 is 11.1. The Morgan fingerprint density at radius 3 is 2.64 bits per heavy atom. The molecule has 0 aromatic heterocycles. The van der Waals surface area contributed by atoms with E-state index in [4.69, 9.17) is 9.47 Å². The summed E-state index contributed by atoms with van der Waals surface area (Å²) in [4.78, 5) is 12.1. The van der Waals surface area contributed by atoms with Crippen molar-refractivity contribution in [3.05, 3.63) is 52.0 Å². The molecular formula is C18H19BrN2O4. The first-order chi connectivity index (χ1) is 12.0. The molecule has 0 aliphatic rings. The number of nitrogens with zero attached hydrogens (tertiary/aromatic N) is 1. The van der Waals surface area contributed by atoms with Gasteiger partial charge in [0.1, 0.15) is 17.2 Å². The summed E-state index contributed by atoms with van der Waals surface area (Å²) in [5.74, 6) is 0.921. The lowest BCUT2D eigenvalue weighted by Gasteiger charge is -2.06. The van der Waals surface area contributed by atoms with Crippen LogP contribution in [0.2, 0.25) is 0 Å². The summed E-state index contributed by atoms with van der Waals surface area (Å²) >= 11 is 3.23. The number of carbonyl (C=O) groups excluding carboxylic acids is 1. The highest BCUT2D eigenvalue weighted by Gasteiger charge is 2.08. The number of methoxy groups -OCH3 is 1. The molecule has 1 amide bonds. The Labute approximate surface area is 154 Å². The molecule has 25 heavy (non-hydrogen) atoms. The molecule has 2 aromatic rings. The van der Waals surface area contributed by atoms with E-state index in [0.717, 1.165) is 6.42 Å². The van der Waals surface area contributed by atoms with Gasteiger partial charge in [0.15, 0.2) is 0 Å². The van der Waals surface area contributed by atoms with Gasteiger partial charge in [0.25, 0.3) is 5.91 Å². The number of amides is 1. The summed E-state index contributed by atoms with van der Waals surface area (Å²) in [7, 11) is 1.52. The monoisotopic (exact) mass is 406 g/mol. The number of carbonyl (C=O) groups is 1. The fourth-order valence-electron chi connectivity index (χ4n) is 1.96. The quantitative estimate of drug-likeness (QED) is 0.542. The van der Waals surface area contributed by atoms with E-state index < -0.39 is 0 Å². The first-order valence-electron chi connectivity index (χ1n) is 7.68. The van der Waals surface area contributed by atoms with E-state index in [1.165, 1.54) is 13.3 Å². The second-order valence-corrected chi connectivity index (χ2v) is 5.97. The van der Waals surface area contributed by atoms with Crippen molar-refractivity contribution in [3.63, 3.8) is 0 Å². The van der Waals surface area contributed by atoms with E-state index in [1.54, 1.807) is 36.4 Å². The highest BCUT2D eigenvalue weighted by Crippen LogP contribution is 2.31. The van der Waals surface area contributed by atoms with Crippen LogP contribution >= 0.6 is 15.9 Å². The van der Waals surface area contributed by atoms with E-state index in [1.807, 2.05) is 6.92 Å². The van der Waals surface area contributed by atoms with Crippen LogP contribution < -0.4 is 14.9 Å². The van der Waals surface area contributed by atoms with Crippen molar-refractivity contribution >= 4 is 28.1 Å². The lowest BCUT2D eigenvalue weighted by atomic mass is 10.2. The lowest BCUT2D eigenvalue weighted by Crippen LogP contribution is -2.17. The molecule has 0 fully saturated rings. The van der Waals surface area contributed by atoms with Crippen LogP contribution in [0.15, 0.2) is 46.0 Å². The number of phenols is 1. The SMILES string of the molecule is CCCOc1ccc(C(=O)N/N=C\c2cc(OC)cc(Br)c2O)cc1. The van der Waals surface area contributed by atoms with E-state index in [-0.39, 0.29) is 11.7 Å². The Morgan fingerprint density at radius 1 is 1.28 bits per heavy atom. The third-order valence-electron chi connectivity index (χ3n) is 3.26. The third kappa shape index (κ3) is 5.22. The molecule has 2 N–H and O–H groups in total. The van der Waals surface area contributed by atoms with Gasteiger partial charge >= 0.3 is 0 Å². The van der Waals surface area contributed by atoms with Gasteiger partial charge in [0.05, 0.1) is 24.4 Å². The molecule has 0 atom stereocenters. The molecule has 0 spiro atoms. The van der Waals surface area contributed by atoms with Crippen molar-refractivity contribution in [2.24, 2.45) is 5.10 Å². The zero-order valence-electron chi connectivity index (χ0n) is 14.0. The summed E-state index contributed by atoms with van der Waals surface area (Å²) in [6, 6.07) is 10.0. The Bertz CT molecular complexity index is 760. The molecular weight excluding hydrogens is 388 g/mol. The predicted octanol–water partition coefficient (Wildman–Crippen LogP) is 3.72. The molecule has 6 nitrogen and oxygen atoms in total. The van der Waals surface area contributed by atoms with E-state index >= 15 is 0 Å². The van der Waals surface area contributed by atoms with Gasteiger partial charge in [-0.3, -0.25) is 4.79 Å². The van der Waals surface area contributed by atoms with Crippen molar-refractivity contribution in [1.82, 2.24) is 5.43 Å². The molecule has 0 saturated carbocycles. The molecule has 7 heteroatoms. The van der Waals surface area contributed by atoms with Crippen LogP contribution in [0, 0.1) is 0 Å². The van der Waals surface area contributed by atoms with Crippen LogP contribution in [0.25, 0.3) is 0 Å². The van der Waals surface area contributed by atoms with Gasteiger partial charge < -0.3 is 14.6 Å². The number of hydrazone groups is 1. The topological polar surface area (TPSA) is 80.2 Å². The number of aromatic hydroxyl groups is 1. The fraction of sp³-hybridized carbons (Fsp3) is 0.222. The van der Waals surface area contributed by atoms with Gasteiger partial charge in [0.2, 0.25) is 0 Å². The Balaban J connectivity index is 2.02. The number of benzene rings is 2. The molecule has 0 bridgehead atoms. The largest absolute Gasteiger partial charge is 0.506 e. The van der Waals surface area contributed by atoms with E-state index in [0.29, 0.717) is 33.7 Å². The summed E-state index contributed by atoms with van der Waals surface area (Å²) in [5.41, 5.74) is 3.28. The molecule has 0 radical (unpaired) electrons. The molecule has 0 saturated heterocycles. The first-order valence-corrected chi connectivity index (χ1v) is 8.47. The maximum absolute atomic E-state index is 12.1. The van der Waals surface area contributed by atoms with E-state index in [9.17, 15) is 9.90 Å². The highest BCUT2D eigenvalue weighted by atomic mass is 79.9. The molecule has 0 unspecified atom stereocenters.